The van der Waals surface area contributed by atoms with Gasteiger partial charge in [-0.3, -0.25) is 4.79 Å². The molecule has 1 unspecified atom stereocenters. The lowest BCUT2D eigenvalue weighted by Crippen LogP contribution is -2.27. The summed E-state index contributed by atoms with van der Waals surface area (Å²) < 4.78 is 0. The van der Waals surface area contributed by atoms with Gasteiger partial charge in [-0.15, -0.1) is 11.6 Å². The van der Waals surface area contributed by atoms with Gasteiger partial charge in [0.25, 0.3) is 0 Å². The molecule has 0 aliphatic rings. The minimum Gasteiger partial charge on any atom is -0.358 e. The standard InChI is InChI=1S/C7H14ClNO/c1-3-4-5-6(8)7(10)9-2/h6H,3-5H2,1-2H3,(H,9,10). The summed E-state index contributed by atoms with van der Waals surface area (Å²) in [6.45, 7) is 2.08. The molecule has 0 heterocycles. The van der Waals surface area contributed by atoms with E-state index in [9.17, 15) is 4.79 Å². The van der Waals surface area contributed by atoms with Gasteiger partial charge in [0.05, 0.1) is 0 Å². The molecule has 0 aliphatic carbocycles. The second-order valence-corrected chi connectivity index (χ2v) is 2.75. The van der Waals surface area contributed by atoms with Crippen LogP contribution in [0, 0.1) is 0 Å². The second-order valence-electron chi connectivity index (χ2n) is 2.22. The maximum Gasteiger partial charge on any atom is 0.237 e. The Kier molecular flexibility index (Phi) is 5.40. The number of hydrogen-bond donors (Lipinski definition) is 1. The minimum atomic E-state index is -0.343. The predicted octanol–water partition coefficient (Wildman–Crippen LogP) is 1.53. The van der Waals surface area contributed by atoms with Crippen LogP contribution in [-0.2, 0) is 4.79 Å². The van der Waals surface area contributed by atoms with Gasteiger partial charge in [-0.25, -0.2) is 0 Å². The topological polar surface area (TPSA) is 29.1 Å². The van der Waals surface area contributed by atoms with Gasteiger partial charge >= 0.3 is 0 Å². The van der Waals surface area contributed by atoms with Gasteiger partial charge in [0.15, 0.2) is 0 Å². The van der Waals surface area contributed by atoms with Crippen LogP contribution in [0.25, 0.3) is 0 Å². The van der Waals surface area contributed by atoms with Crippen molar-refractivity contribution >= 4 is 17.5 Å². The van der Waals surface area contributed by atoms with E-state index in [4.69, 9.17) is 11.6 Å². The molecule has 10 heavy (non-hydrogen) atoms. The highest BCUT2D eigenvalue weighted by Crippen LogP contribution is 2.06. The highest BCUT2D eigenvalue weighted by atomic mass is 35.5. The van der Waals surface area contributed by atoms with Crippen molar-refractivity contribution in [2.75, 3.05) is 7.05 Å². The van der Waals surface area contributed by atoms with E-state index in [1.165, 1.54) is 0 Å². The van der Waals surface area contributed by atoms with E-state index in [2.05, 4.69) is 12.2 Å². The quantitative estimate of drug-likeness (QED) is 0.626. The molecule has 3 heteroatoms. The number of carbonyl (C=O) groups excluding carboxylic acids is 1. The Morgan fingerprint density at radius 2 is 2.30 bits per heavy atom. The van der Waals surface area contributed by atoms with Crippen LogP contribution in [0.1, 0.15) is 26.2 Å². The molecule has 60 valence electrons. The van der Waals surface area contributed by atoms with Crippen LogP contribution in [0.4, 0.5) is 0 Å². The van der Waals surface area contributed by atoms with E-state index in [0.717, 1.165) is 19.3 Å². The van der Waals surface area contributed by atoms with E-state index in [1.54, 1.807) is 7.05 Å². The molecule has 0 saturated carbocycles. The number of amides is 1. The normalized spacial score (nSPS) is 12.7. The molecule has 0 aromatic heterocycles. The number of halogens is 1. The summed E-state index contributed by atoms with van der Waals surface area (Å²) in [5.74, 6) is -0.0740. The van der Waals surface area contributed by atoms with E-state index in [-0.39, 0.29) is 11.3 Å². The summed E-state index contributed by atoms with van der Waals surface area (Å²) in [5, 5.41) is 2.16. The number of nitrogens with one attached hydrogen (secondary N) is 1. The predicted molar refractivity (Wildman–Crippen MR) is 43.2 cm³/mol. The zero-order valence-corrected chi connectivity index (χ0v) is 7.24. The van der Waals surface area contributed by atoms with Gasteiger partial charge in [0, 0.05) is 7.05 Å². The second kappa shape index (κ2) is 5.54. The van der Waals surface area contributed by atoms with Gasteiger partial charge < -0.3 is 5.32 Å². The molecule has 0 bridgehead atoms. The molecule has 1 atom stereocenters. The van der Waals surface area contributed by atoms with Crippen molar-refractivity contribution in [2.24, 2.45) is 0 Å². The number of hydrogen-bond acceptors (Lipinski definition) is 1. The van der Waals surface area contributed by atoms with Crippen molar-refractivity contribution in [1.82, 2.24) is 5.32 Å². The molecule has 1 amide bonds. The van der Waals surface area contributed by atoms with Gasteiger partial charge in [-0.1, -0.05) is 19.8 Å². The lowest BCUT2D eigenvalue weighted by atomic mass is 10.2. The molecule has 0 aromatic rings. The van der Waals surface area contributed by atoms with Crippen LogP contribution in [-0.4, -0.2) is 18.3 Å². The SMILES string of the molecule is CCCCC(Cl)C(=O)NC. The average Bonchev–Trinajstić information content (AvgIpc) is 1.98. The van der Waals surface area contributed by atoms with Crippen molar-refractivity contribution in [3.8, 4) is 0 Å². The van der Waals surface area contributed by atoms with E-state index in [1.807, 2.05) is 0 Å². The van der Waals surface area contributed by atoms with Gasteiger partial charge in [-0.05, 0) is 6.42 Å². The molecule has 2 nitrogen and oxygen atoms in total. The van der Waals surface area contributed by atoms with Crippen molar-refractivity contribution in [3.63, 3.8) is 0 Å². The van der Waals surface area contributed by atoms with Crippen LogP contribution in [0.3, 0.4) is 0 Å². The van der Waals surface area contributed by atoms with Crippen LogP contribution >= 0.6 is 11.6 Å². The molecule has 0 saturated heterocycles. The average molecular weight is 164 g/mol. The molecule has 0 radical (unpaired) electrons. The van der Waals surface area contributed by atoms with E-state index < -0.39 is 0 Å². The smallest absolute Gasteiger partial charge is 0.237 e. The molecule has 1 N–H and O–H groups in total. The summed E-state index contributed by atoms with van der Waals surface area (Å²) in [5.41, 5.74) is 0. The van der Waals surface area contributed by atoms with Gasteiger partial charge in [0.1, 0.15) is 5.38 Å². The Bertz CT molecular complexity index is 106. The zero-order valence-electron chi connectivity index (χ0n) is 6.48. The van der Waals surface area contributed by atoms with Gasteiger partial charge in [-0.2, -0.15) is 0 Å². The molecule has 0 aromatic carbocycles. The summed E-state index contributed by atoms with van der Waals surface area (Å²) in [6.07, 6.45) is 2.87. The lowest BCUT2D eigenvalue weighted by molar-refractivity contribution is -0.120. The third kappa shape index (κ3) is 3.72. The molecular formula is C7H14ClNO. The fourth-order valence-corrected chi connectivity index (χ4v) is 0.934. The maximum absolute atomic E-state index is 10.8. The molecular weight excluding hydrogens is 150 g/mol. The first-order chi connectivity index (χ1) is 4.72. The number of unbranched alkanes of at least 4 members (excludes halogenated alkanes) is 1. The Morgan fingerprint density at radius 1 is 1.70 bits per heavy atom. The summed E-state index contributed by atoms with van der Waals surface area (Å²) >= 11 is 5.70. The van der Waals surface area contributed by atoms with Crippen LogP contribution < -0.4 is 5.32 Å². The first kappa shape index (κ1) is 9.76. The fraction of sp³-hybridized carbons (Fsp3) is 0.857. The highest BCUT2D eigenvalue weighted by Gasteiger charge is 2.11. The minimum absolute atomic E-state index is 0.0740. The summed E-state index contributed by atoms with van der Waals surface area (Å²) in [7, 11) is 1.60. The number of alkyl halides is 1. The maximum atomic E-state index is 10.8. The lowest BCUT2D eigenvalue weighted by Gasteiger charge is -2.05. The molecule has 0 aliphatic heterocycles. The molecule has 0 fully saturated rings. The van der Waals surface area contributed by atoms with Crippen molar-refractivity contribution in [3.05, 3.63) is 0 Å². The Labute approximate surface area is 66.9 Å². The van der Waals surface area contributed by atoms with Crippen molar-refractivity contribution < 1.29 is 4.79 Å². The molecule has 0 spiro atoms. The van der Waals surface area contributed by atoms with Crippen LogP contribution in [0.5, 0.6) is 0 Å². The first-order valence-corrected chi connectivity index (χ1v) is 4.01. The monoisotopic (exact) mass is 163 g/mol. The third-order valence-electron chi connectivity index (χ3n) is 1.34. The third-order valence-corrected chi connectivity index (χ3v) is 1.76. The van der Waals surface area contributed by atoms with Crippen molar-refractivity contribution in [1.29, 1.82) is 0 Å². The zero-order chi connectivity index (χ0) is 7.98. The Hall–Kier alpha value is -0.240. The van der Waals surface area contributed by atoms with E-state index in [0.29, 0.717) is 0 Å². The van der Waals surface area contributed by atoms with Crippen LogP contribution in [0.2, 0.25) is 0 Å². The first-order valence-electron chi connectivity index (χ1n) is 3.58. The fourth-order valence-electron chi connectivity index (χ4n) is 0.671. The van der Waals surface area contributed by atoms with Crippen molar-refractivity contribution in [2.45, 2.75) is 31.6 Å². The number of rotatable bonds is 4. The number of carbonyl (C=O) groups is 1. The Balaban J connectivity index is 3.41. The summed E-state index contributed by atoms with van der Waals surface area (Å²) in [4.78, 5) is 10.8. The molecule has 0 rings (SSSR count). The highest BCUT2D eigenvalue weighted by molar-refractivity contribution is 6.30. The largest absolute Gasteiger partial charge is 0.358 e. The Morgan fingerprint density at radius 3 is 2.70 bits per heavy atom. The van der Waals surface area contributed by atoms with Gasteiger partial charge in [0.2, 0.25) is 5.91 Å². The van der Waals surface area contributed by atoms with E-state index >= 15 is 0 Å². The van der Waals surface area contributed by atoms with Crippen LogP contribution in [0.15, 0.2) is 0 Å². The summed E-state index contributed by atoms with van der Waals surface area (Å²) in [6, 6.07) is 0.